The molecule has 0 spiro atoms. The molecule has 2 heterocycles. The van der Waals surface area contributed by atoms with Crippen LogP contribution in [-0.4, -0.2) is 23.0 Å². The summed E-state index contributed by atoms with van der Waals surface area (Å²) in [5.74, 6) is 0.192. The van der Waals surface area contributed by atoms with Crippen LogP contribution in [0.1, 0.15) is 31.3 Å². The van der Waals surface area contributed by atoms with Gasteiger partial charge in [0.1, 0.15) is 11.1 Å². The third kappa shape index (κ3) is 3.31. The van der Waals surface area contributed by atoms with Gasteiger partial charge in [-0.1, -0.05) is 0 Å². The lowest BCUT2D eigenvalue weighted by molar-refractivity contribution is 0.0636. The first-order chi connectivity index (χ1) is 8.87. The zero-order valence-electron chi connectivity index (χ0n) is 10.9. The van der Waals surface area contributed by atoms with Crippen molar-refractivity contribution in [1.82, 2.24) is 4.98 Å². The first-order valence-electron chi connectivity index (χ1n) is 5.72. The van der Waals surface area contributed by atoms with E-state index in [0.717, 1.165) is 0 Å². The number of ether oxygens (including phenoxy) is 1. The van der Waals surface area contributed by atoms with Crippen molar-refractivity contribution < 1.29 is 18.7 Å². The van der Waals surface area contributed by atoms with Crippen LogP contribution in [0, 0.1) is 0 Å². The fourth-order valence-corrected chi connectivity index (χ4v) is 1.48. The van der Waals surface area contributed by atoms with E-state index in [2.05, 4.69) is 10.3 Å². The number of nitrogens with zero attached hydrogens (tertiary/aromatic N) is 1. The Morgan fingerprint density at radius 1 is 1.42 bits per heavy atom. The number of nitrogens with one attached hydrogen (secondary N) is 1. The Balaban J connectivity index is 2.17. The average molecular weight is 262 g/mol. The standard InChI is InChI=1S/C13H14N2O4/c1-13(2,3)19-12(17)15-8-4-11-10(14-6-8)5-9(7-16)18-11/h4-7H,1-3H3,(H,15,17). The Morgan fingerprint density at radius 3 is 2.79 bits per heavy atom. The fourth-order valence-electron chi connectivity index (χ4n) is 1.48. The Labute approximate surface area is 109 Å². The Bertz CT molecular complexity index is 625. The molecule has 0 aromatic carbocycles. The molecule has 19 heavy (non-hydrogen) atoms. The summed E-state index contributed by atoms with van der Waals surface area (Å²) >= 11 is 0. The highest BCUT2D eigenvalue weighted by Gasteiger charge is 2.16. The highest BCUT2D eigenvalue weighted by molar-refractivity contribution is 5.89. The molecular formula is C13H14N2O4. The van der Waals surface area contributed by atoms with Crippen molar-refractivity contribution >= 4 is 29.2 Å². The molecule has 0 saturated carbocycles. The van der Waals surface area contributed by atoms with Crippen molar-refractivity contribution in [3.05, 3.63) is 24.1 Å². The number of furan rings is 1. The Kier molecular flexibility index (Phi) is 3.25. The smallest absolute Gasteiger partial charge is 0.412 e. The summed E-state index contributed by atoms with van der Waals surface area (Å²) in [6.45, 7) is 5.32. The maximum absolute atomic E-state index is 11.6. The van der Waals surface area contributed by atoms with Crippen LogP contribution in [0.25, 0.3) is 11.1 Å². The van der Waals surface area contributed by atoms with Gasteiger partial charge < -0.3 is 9.15 Å². The second-order valence-corrected chi connectivity index (χ2v) is 5.00. The summed E-state index contributed by atoms with van der Waals surface area (Å²) in [6, 6.07) is 3.11. The summed E-state index contributed by atoms with van der Waals surface area (Å²) in [7, 11) is 0. The third-order valence-electron chi connectivity index (χ3n) is 2.15. The quantitative estimate of drug-likeness (QED) is 0.841. The van der Waals surface area contributed by atoms with Gasteiger partial charge in [0, 0.05) is 12.1 Å². The predicted octanol–water partition coefficient (Wildman–Crippen LogP) is 2.99. The van der Waals surface area contributed by atoms with Gasteiger partial charge in [0.05, 0.1) is 11.9 Å². The number of anilines is 1. The van der Waals surface area contributed by atoms with Gasteiger partial charge in [-0.05, 0) is 20.8 Å². The van der Waals surface area contributed by atoms with Gasteiger partial charge in [0.25, 0.3) is 0 Å². The molecule has 0 aliphatic carbocycles. The van der Waals surface area contributed by atoms with Gasteiger partial charge >= 0.3 is 6.09 Å². The molecule has 0 unspecified atom stereocenters. The van der Waals surface area contributed by atoms with E-state index in [1.54, 1.807) is 26.8 Å². The van der Waals surface area contributed by atoms with Crippen molar-refractivity contribution in [3.63, 3.8) is 0 Å². The minimum Gasteiger partial charge on any atom is -0.451 e. The monoisotopic (exact) mass is 262 g/mol. The fraction of sp³-hybridized carbons (Fsp3) is 0.308. The van der Waals surface area contributed by atoms with Crippen molar-refractivity contribution in [3.8, 4) is 0 Å². The number of carbonyl (C=O) groups excluding carboxylic acids is 2. The maximum Gasteiger partial charge on any atom is 0.412 e. The van der Waals surface area contributed by atoms with E-state index < -0.39 is 11.7 Å². The summed E-state index contributed by atoms with van der Waals surface area (Å²) < 4.78 is 10.3. The normalized spacial score (nSPS) is 11.3. The van der Waals surface area contributed by atoms with E-state index in [1.165, 1.54) is 12.3 Å². The van der Waals surface area contributed by atoms with Gasteiger partial charge in [-0.3, -0.25) is 15.1 Å². The van der Waals surface area contributed by atoms with Crippen molar-refractivity contribution in [2.45, 2.75) is 26.4 Å². The van der Waals surface area contributed by atoms with E-state index in [-0.39, 0.29) is 5.76 Å². The van der Waals surface area contributed by atoms with E-state index in [9.17, 15) is 9.59 Å². The van der Waals surface area contributed by atoms with Gasteiger partial charge in [-0.25, -0.2) is 4.79 Å². The molecule has 0 aliphatic rings. The molecule has 1 amide bonds. The van der Waals surface area contributed by atoms with Crippen LogP contribution < -0.4 is 5.32 Å². The largest absolute Gasteiger partial charge is 0.451 e. The van der Waals surface area contributed by atoms with Crippen LogP contribution in [0.5, 0.6) is 0 Å². The Hall–Kier alpha value is -2.37. The molecule has 0 aliphatic heterocycles. The van der Waals surface area contributed by atoms with Crippen molar-refractivity contribution in [2.24, 2.45) is 0 Å². The third-order valence-corrected chi connectivity index (χ3v) is 2.15. The molecule has 100 valence electrons. The molecule has 0 atom stereocenters. The number of hydrogen-bond donors (Lipinski definition) is 1. The molecule has 6 heteroatoms. The first kappa shape index (κ1) is 13.1. The van der Waals surface area contributed by atoms with E-state index in [4.69, 9.17) is 9.15 Å². The lowest BCUT2D eigenvalue weighted by Gasteiger charge is -2.19. The second kappa shape index (κ2) is 4.72. The first-order valence-corrected chi connectivity index (χ1v) is 5.72. The van der Waals surface area contributed by atoms with Crippen LogP contribution >= 0.6 is 0 Å². The van der Waals surface area contributed by atoms with E-state index >= 15 is 0 Å². The number of aromatic nitrogens is 1. The van der Waals surface area contributed by atoms with Crippen LogP contribution in [0.15, 0.2) is 22.7 Å². The van der Waals surface area contributed by atoms with Gasteiger partial charge in [0.2, 0.25) is 0 Å². The lowest BCUT2D eigenvalue weighted by Crippen LogP contribution is -2.27. The minimum atomic E-state index is -0.573. The highest BCUT2D eigenvalue weighted by atomic mass is 16.6. The maximum atomic E-state index is 11.6. The number of aldehydes is 1. The highest BCUT2D eigenvalue weighted by Crippen LogP contribution is 2.20. The summed E-state index contributed by atoms with van der Waals surface area (Å²) in [6.07, 6.45) is 1.50. The van der Waals surface area contributed by atoms with E-state index in [1.807, 2.05) is 0 Å². The minimum absolute atomic E-state index is 0.192. The second-order valence-electron chi connectivity index (χ2n) is 5.00. The van der Waals surface area contributed by atoms with Crippen LogP contribution in [-0.2, 0) is 4.74 Å². The number of pyridine rings is 1. The molecule has 6 nitrogen and oxygen atoms in total. The molecule has 0 saturated heterocycles. The van der Waals surface area contributed by atoms with E-state index in [0.29, 0.717) is 23.1 Å². The van der Waals surface area contributed by atoms with Gasteiger partial charge in [0.15, 0.2) is 17.6 Å². The number of amides is 1. The SMILES string of the molecule is CC(C)(C)OC(=O)Nc1cnc2cc(C=O)oc2c1. The number of fused-ring (bicyclic) bond motifs is 1. The molecule has 0 bridgehead atoms. The van der Waals surface area contributed by atoms with Crippen LogP contribution in [0.2, 0.25) is 0 Å². The van der Waals surface area contributed by atoms with Gasteiger partial charge in [-0.15, -0.1) is 0 Å². The Morgan fingerprint density at radius 2 is 2.16 bits per heavy atom. The molecule has 1 N–H and O–H groups in total. The predicted molar refractivity (Wildman–Crippen MR) is 69.3 cm³/mol. The van der Waals surface area contributed by atoms with Crippen molar-refractivity contribution in [2.75, 3.05) is 5.32 Å². The molecule has 0 radical (unpaired) electrons. The summed E-state index contributed by atoms with van der Waals surface area (Å²) in [5.41, 5.74) is 0.845. The number of rotatable bonds is 2. The zero-order valence-corrected chi connectivity index (χ0v) is 10.9. The zero-order chi connectivity index (χ0) is 14.0. The molecule has 2 aromatic heterocycles. The van der Waals surface area contributed by atoms with Gasteiger partial charge in [-0.2, -0.15) is 0 Å². The molecule has 2 rings (SSSR count). The average Bonchev–Trinajstić information content (AvgIpc) is 2.68. The molecule has 2 aromatic rings. The molecule has 0 fully saturated rings. The summed E-state index contributed by atoms with van der Waals surface area (Å²) in [4.78, 5) is 26.2. The van der Waals surface area contributed by atoms with Crippen LogP contribution in [0.4, 0.5) is 10.5 Å². The lowest BCUT2D eigenvalue weighted by atomic mass is 10.2. The summed E-state index contributed by atoms with van der Waals surface area (Å²) in [5, 5.41) is 2.55. The molecular weight excluding hydrogens is 248 g/mol. The number of carbonyl (C=O) groups is 2. The number of hydrogen-bond acceptors (Lipinski definition) is 5. The topological polar surface area (TPSA) is 81.4 Å². The van der Waals surface area contributed by atoms with Crippen molar-refractivity contribution in [1.29, 1.82) is 0 Å². The van der Waals surface area contributed by atoms with Crippen LogP contribution in [0.3, 0.4) is 0 Å².